The SMILES string of the molecule is CC(C)(Cc1ccc(C(F)(F)F)cc1)C(=O)N1CCC(n2cncn2)CC1. The van der Waals surface area contributed by atoms with E-state index < -0.39 is 17.2 Å². The van der Waals surface area contributed by atoms with Crippen LogP contribution in [-0.2, 0) is 17.4 Å². The second-order valence-corrected chi connectivity index (χ2v) is 7.65. The fourth-order valence-electron chi connectivity index (χ4n) is 3.56. The predicted octanol–water partition coefficient (Wildman–Crippen LogP) is 3.73. The average Bonchev–Trinajstić information content (AvgIpc) is 3.15. The Morgan fingerprint density at radius 1 is 1.15 bits per heavy atom. The second kappa shape index (κ2) is 7.32. The third kappa shape index (κ3) is 4.48. The normalized spacial score (nSPS) is 16.6. The van der Waals surface area contributed by atoms with E-state index in [1.165, 1.54) is 18.5 Å². The molecule has 1 aromatic carbocycles. The Morgan fingerprint density at radius 2 is 1.78 bits per heavy atom. The van der Waals surface area contributed by atoms with E-state index in [1.54, 1.807) is 6.33 Å². The summed E-state index contributed by atoms with van der Waals surface area (Å²) in [5.41, 5.74) is -0.635. The highest BCUT2D eigenvalue weighted by atomic mass is 19.4. The van der Waals surface area contributed by atoms with Crippen molar-refractivity contribution in [1.29, 1.82) is 0 Å². The molecule has 1 aliphatic rings. The highest BCUT2D eigenvalue weighted by Gasteiger charge is 2.35. The van der Waals surface area contributed by atoms with Crippen molar-refractivity contribution in [2.24, 2.45) is 5.41 Å². The molecule has 2 aromatic rings. The van der Waals surface area contributed by atoms with E-state index in [0.29, 0.717) is 19.5 Å². The third-order valence-corrected chi connectivity index (χ3v) is 5.07. The first-order chi connectivity index (χ1) is 12.7. The van der Waals surface area contributed by atoms with Crippen LogP contribution in [0.5, 0.6) is 0 Å². The molecule has 0 N–H and O–H groups in total. The molecule has 0 bridgehead atoms. The highest BCUT2D eigenvalue weighted by Crippen LogP contribution is 2.32. The lowest BCUT2D eigenvalue weighted by Crippen LogP contribution is -2.46. The molecule has 3 rings (SSSR count). The first-order valence-corrected chi connectivity index (χ1v) is 8.96. The number of aromatic nitrogens is 3. The number of carbonyl (C=O) groups is 1. The average molecular weight is 380 g/mol. The molecule has 27 heavy (non-hydrogen) atoms. The summed E-state index contributed by atoms with van der Waals surface area (Å²) in [6, 6.07) is 5.29. The van der Waals surface area contributed by atoms with Crippen LogP contribution in [0.3, 0.4) is 0 Å². The van der Waals surface area contributed by atoms with Crippen molar-refractivity contribution in [3.05, 3.63) is 48.0 Å². The van der Waals surface area contributed by atoms with Gasteiger partial charge in [0.05, 0.1) is 11.6 Å². The van der Waals surface area contributed by atoms with Gasteiger partial charge < -0.3 is 4.90 Å². The summed E-state index contributed by atoms with van der Waals surface area (Å²) in [4.78, 5) is 18.8. The van der Waals surface area contributed by atoms with E-state index in [1.807, 2.05) is 23.4 Å². The lowest BCUT2D eigenvalue weighted by atomic mass is 9.83. The molecule has 0 spiro atoms. The van der Waals surface area contributed by atoms with Gasteiger partial charge in [-0.25, -0.2) is 9.67 Å². The molecule has 1 saturated heterocycles. The summed E-state index contributed by atoms with van der Waals surface area (Å²) in [7, 11) is 0. The fraction of sp³-hybridized carbons (Fsp3) is 0.526. The van der Waals surface area contributed by atoms with Gasteiger partial charge in [0.25, 0.3) is 0 Å². The molecule has 0 saturated carbocycles. The van der Waals surface area contributed by atoms with Crippen molar-refractivity contribution in [3.63, 3.8) is 0 Å². The van der Waals surface area contributed by atoms with Gasteiger partial charge in [0.2, 0.25) is 5.91 Å². The van der Waals surface area contributed by atoms with Gasteiger partial charge in [0.1, 0.15) is 12.7 Å². The minimum Gasteiger partial charge on any atom is -0.342 e. The number of nitrogens with zero attached hydrogens (tertiary/aromatic N) is 4. The molecule has 146 valence electrons. The van der Waals surface area contributed by atoms with Crippen LogP contribution < -0.4 is 0 Å². The smallest absolute Gasteiger partial charge is 0.342 e. The number of carbonyl (C=O) groups excluding carboxylic acids is 1. The molecular weight excluding hydrogens is 357 g/mol. The largest absolute Gasteiger partial charge is 0.416 e. The van der Waals surface area contributed by atoms with Crippen molar-refractivity contribution in [2.75, 3.05) is 13.1 Å². The zero-order valence-corrected chi connectivity index (χ0v) is 15.4. The minimum absolute atomic E-state index is 0.0273. The van der Waals surface area contributed by atoms with Gasteiger partial charge in [0, 0.05) is 18.5 Å². The summed E-state index contributed by atoms with van der Waals surface area (Å²) in [5.74, 6) is 0.0273. The van der Waals surface area contributed by atoms with Gasteiger partial charge in [0.15, 0.2) is 0 Å². The molecule has 0 radical (unpaired) electrons. The van der Waals surface area contributed by atoms with E-state index in [0.717, 1.165) is 30.5 Å². The Labute approximate surface area is 156 Å². The van der Waals surface area contributed by atoms with Crippen molar-refractivity contribution in [2.45, 2.75) is 45.3 Å². The summed E-state index contributed by atoms with van der Waals surface area (Å²) in [6.07, 6.45) is 0.865. The van der Waals surface area contributed by atoms with Crippen LogP contribution in [0.1, 0.15) is 43.9 Å². The van der Waals surface area contributed by atoms with Crippen molar-refractivity contribution >= 4 is 5.91 Å². The summed E-state index contributed by atoms with van der Waals surface area (Å²) < 4.78 is 39.9. The van der Waals surface area contributed by atoms with Crippen LogP contribution in [0.25, 0.3) is 0 Å². The van der Waals surface area contributed by atoms with Crippen LogP contribution in [0, 0.1) is 5.41 Å². The molecule has 8 heteroatoms. The molecule has 1 aromatic heterocycles. The third-order valence-electron chi connectivity index (χ3n) is 5.07. The predicted molar refractivity (Wildman–Crippen MR) is 93.8 cm³/mol. The number of piperidine rings is 1. The number of benzene rings is 1. The van der Waals surface area contributed by atoms with Crippen LogP contribution >= 0.6 is 0 Å². The van der Waals surface area contributed by atoms with E-state index in [-0.39, 0.29) is 11.9 Å². The molecule has 5 nitrogen and oxygen atoms in total. The molecule has 1 fully saturated rings. The lowest BCUT2D eigenvalue weighted by molar-refractivity contribution is -0.142. The Kier molecular flexibility index (Phi) is 5.26. The van der Waals surface area contributed by atoms with Crippen molar-refractivity contribution in [1.82, 2.24) is 19.7 Å². The maximum Gasteiger partial charge on any atom is 0.416 e. The van der Waals surface area contributed by atoms with Crippen LogP contribution in [0.4, 0.5) is 13.2 Å². The molecule has 0 atom stereocenters. The first kappa shape index (κ1) is 19.4. The topological polar surface area (TPSA) is 51.0 Å². The van der Waals surface area contributed by atoms with Gasteiger partial charge in [-0.05, 0) is 37.0 Å². The van der Waals surface area contributed by atoms with Crippen molar-refractivity contribution < 1.29 is 18.0 Å². The maximum absolute atomic E-state index is 13.0. The number of amides is 1. The zero-order chi connectivity index (χ0) is 19.7. The van der Waals surface area contributed by atoms with Crippen LogP contribution in [0.2, 0.25) is 0 Å². The monoisotopic (exact) mass is 380 g/mol. The van der Waals surface area contributed by atoms with E-state index in [9.17, 15) is 18.0 Å². The van der Waals surface area contributed by atoms with Gasteiger partial charge >= 0.3 is 6.18 Å². The van der Waals surface area contributed by atoms with Gasteiger partial charge in [-0.15, -0.1) is 0 Å². The number of hydrogen-bond acceptors (Lipinski definition) is 3. The molecule has 1 amide bonds. The standard InChI is InChI=1S/C19H23F3N4O/c1-18(2,11-14-3-5-15(6-4-14)19(20,21)22)17(27)25-9-7-16(8-10-25)26-13-23-12-24-26/h3-6,12-13,16H,7-11H2,1-2H3. The second-order valence-electron chi connectivity index (χ2n) is 7.65. The maximum atomic E-state index is 13.0. The number of hydrogen-bond donors (Lipinski definition) is 0. The number of rotatable bonds is 4. The van der Waals surface area contributed by atoms with Crippen LogP contribution in [0.15, 0.2) is 36.9 Å². The van der Waals surface area contributed by atoms with E-state index in [4.69, 9.17) is 0 Å². The van der Waals surface area contributed by atoms with Gasteiger partial charge in [-0.2, -0.15) is 18.3 Å². The first-order valence-electron chi connectivity index (χ1n) is 8.96. The zero-order valence-electron chi connectivity index (χ0n) is 15.4. The minimum atomic E-state index is -4.35. The molecular formula is C19H23F3N4O. The Hall–Kier alpha value is -2.38. The Morgan fingerprint density at radius 3 is 2.30 bits per heavy atom. The van der Waals surface area contributed by atoms with Gasteiger partial charge in [-0.1, -0.05) is 26.0 Å². The van der Waals surface area contributed by atoms with Crippen molar-refractivity contribution in [3.8, 4) is 0 Å². The van der Waals surface area contributed by atoms with E-state index in [2.05, 4.69) is 10.1 Å². The molecule has 0 unspecified atom stereocenters. The molecule has 1 aliphatic heterocycles. The highest BCUT2D eigenvalue weighted by molar-refractivity contribution is 5.82. The Balaban J connectivity index is 1.60. The Bertz CT molecular complexity index is 761. The van der Waals surface area contributed by atoms with Gasteiger partial charge in [-0.3, -0.25) is 4.79 Å². The summed E-state index contributed by atoms with van der Waals surface area (Å²) in [6.45, 7) is 4.96. The molecule has 2 heterocycles. The number of likely N-dealkylation sites (tertiary alicyclic amines) is 1. The van der Waals surface area contributed by atoms with E-state index >= 15 is 0 Å². The summed E-state index contributed by atoms with van der Waals surface area (Å²) >= 11 is 0. The quantitative estimate of drug-likeness (QED) is 0.812. The number of alkyl halides is 3. The fourth-order valence-corrected chi connectivity index (χ4v) is 3.56. The van der Waals surface area contributed by atoms with Crippen LogP contribution in [-0.4, -0.2) is 38.7 Å². The molecule has 0 aliphatic carbocycles. The lowest BCUT2D eigenvalue weighted by Gasteiger charge is -2.37. The summed E-state index contributed by atoms with van der Waals surface area (Å²) in [5, 5.41) is 4.16. The number of halogens is 3.